The van der Waals surface area contributed by atoms with E-state index in [1.54, 1.807) is 0 Å². The highest BCUT2D eigenvalue weighted by atomic mass is 16.5. The van der Waals surface area contributed by atoms with Gasteiger partial charge in [-0.25, -0.2) is 0 Å². The molecule has 3 unspecified atom stereocenters. The van der Waals surface area contributed by atoms with Crippen LogP contribution >= 0.6 is 0 Å². The second-order valence-electron chi connectivity index (χ2n) is 7.94. The van der Waals surface area contributed by atoms with Crippen LogP contribution < -0.4 is 0 Å². The maximum absolute atomic E-state index is 12.6. The minimum atomic E-state index is 0.0926. The minimum absolute atomic E-state index is 0.0926. The Balaban J connectivity index is 1.52. The van der Waals surface area contributed by atoms with Crippen LogP contribution in [0.15, 0.2) is 4.52 Å². The monoisotopic (exact) mass is 349 g/mol. The number of aromatic nitrogens is 2. The summed E-state index contributed by atoms with van der Waals surface area (Å²) in [5.41, 5.74) is 0. The molecule has 2 heterocycles. The Hall–Kier alpha value is -1.43. The Morgan fingerprint density at radius 1 is 1.28 bits per heavy atom. The number of piperidine rings is 1. The highest BCUT2D eigenvalue weighted by Gasteiger charge is 2.29. The third-order valence-electron chi connectivity index (χ3n) is 5.54. The standard InChI is InChI=1S/C19H31N3O3/c1-13(2)19-20-18(21-25-19)15-8-6-10-22(11-15)17(23)12-24-16-9-5-4-7-14(16)3/h13-16H,4-12H2,1-3H3. The lowest BCUT2D eigenvalue weighted by molar-refractivity contribution is -0.141. The zero-order chi connectivity index (χ0) is 17.8. The summed E-state index contributed by atoms with van der Waals surface area (Å²) in [4.78, 5) is 19.0. The molecule has 0 spiro atoms. The van der Waals surface area contributed by atoms with Crippen LogP contribution in [0.3, 0.4) is 0 Å². The molecule has 1 saturated carbocycles. The summed E-state index contributed by atoms with van der Waals surface area (Å²) >= 11 is 0. The van der Waals surface area contributed by atoms with Crippen LogP contribution in [0.1, 0.15) is 82.8 Å². The normalized spacial score (nSPS) is 27.7. The maximum Gasteiger partial charge on any atom is 0.248 e. The van der Waals surface area contributed by atoms with E-state index in [4.69, 9.17) is 9.26 Å². The molecule has 2 fully saturated rings. The largest absolute Gasteiger partial charge is 0.368 e. The lowest BCUT2D eigenvalue weighted by Crippen LogP contribution is -2.42. The number of nitrogens with zero attached hydrogens (tertiary/aromatic N) is 3. The summed E-state index contributed by atoms with van der Waals surface area (Å²) in [6, 6.07) is 0. The van der Waals surface area contributed by atoms with Crippen molar-refractivity contribution in [2.24, 2.45) is 5.92 Å². The van der Waals surface area contributed by atoms with Crippen molar-refractivity contribution in [3.05, 3.63) is 11.7 Å². The summed E-state index contributed by atoms with van der Waals surface area (Å²) in [6.07, 6.45) is 7.00. The molecule has 1 aliphatic heterocycles. The van der Waals surface area contributed by atoms with E-state index >= 15 is 0 Å². The SMILES string of the molecule is CC(C)c1nc(C2CCCN(C(=O)COC3CCCCC3C)C2)no1. The zero-order valence-electron chi connectivity index (χ0n) is 15.7. The number of hydrogen-bond acceptors (Lipinski definition) is 5. The number of ether oxygens (including phenoxy) is 1. The molecule has 0 aromatic carbocycles. The van der Waals surface area contributed by atoms with Gasteiger partial charge in [-0.05, 0) is 31.6 Å². The van der Waals surface area contributed by atoms with Crippen molar-refractivity contribution in [1.82, 2.24) is 15.0 Å². The Kier molecular flexibility index (Phi) is 6.10. The fourth-order valence-corrected chi connectivity index (χ4v) is 3.86. The highest BCUT2D eigenvalue weighted by molar-refractivity contribution is 5.77. The van der Waals surface area contributed by atoms with E-state index in [0.717, 1.165) is 31.6 Å². The van der Waals surface area contributed by atoms with Crippen LogP contribution in [0.5, 0.6) is 0 Å². The van der Waals surface area contributed by atoms with Crippen LogP contribution in [0.25, 0.3) is 0 Å². The molecule has 0 radical (unpaired) electrons. The zero-order valence-corrected chi connectivity index (χ0v) is 15.7. The van der Waals surface area contributed by atoms with Gasteiger partial charge < -0.3 is 14.2 Å². The molecule has 0 bridgehead atoms. The van der Waals surface area contributed by atoms with Crippen LogP contribution in [0.4, 0.5) is 0 Å². The Bertz CT molecular complexity index is 572. The van der Waals surface area contributed by atoms with E-state index in [9.17, 15) is 4.79 Å². The van der Waals surface area contributed by atoms with Crippen molar-refractivity contribution in [3.63, 3.8) is 0 Å². The molecule has 3 rings (SSSR count). The molecule has 3 atom stereocenters. The molecular formula is C19H31N3O3. The van der Waals surface area contributed by atoms with Gasteiger partial charge in [-0.2, -0.15) is 4.98 Å². The van der Waals surface area contributed by atoms with Gasteiger partial charge in [0.25, 0.3) is 0 Å². The number of carbonyl (C=O) groups is 1. The Morgan fingerprint density at radius 2 is 2.08 bits per heavy atom. The predicted octanol–water partition coefficient (Wildman–Crippen LogP) is 3.49. The summed E-state index contributed by atoms with van der Waals surface area (Å²) in [6.45, 7) is 7.97. The Labute approximate surface area is 150 Å². The van der Waals surface area contributed by atoms with E-state index in [2.05, 4.69) is 17.1 Å². The molecule has 25 heavy (non-hydrogen) atoms. The molecule has 6 nitrogen and oxygen atoms in total. The van der Waals surface area contributed by atoms with E-state index in [0.29, 0.717) is 18.4 Å². The molecule has 140 valence electrons. The van der Waals surface area contributed by atoms with E-state index in [1.165, 1.54) is 19.3 Å². The molecule has 1 aromatic heterocycles. The fraction of sp³-hybridized carbons (Fsp3) is 0.842. The summed E-state index contributed by atoms with van der Waals surface area (Å²) in [7, 11) is 0. The highest BCUT2D eigenvalue weighted by Crippen LogP contribution is 2.28. The number of hydrogen-bond donors (Lipinski definition) is 0. The van der Waals surface area contributed by atoms with Crippen LogP contribution in [0.2, 0.25) is 0 Å². The first kappa shape index (κ1) is 18.4. The van der Waals surface area contributed by atoms with Crippen molar-refractivity contribution < 1.29 is 14.1 Å². The van der Waals surface area contributed by atoms with Gasteiger partial charge in [0.05, 0.1) is 6.10 Å². The van der Waals surface area contributed by atoms with Gasteiger partial charge in [-0.15, -0.1) is 0 Å². The molecule has 1 saturated heterocycles. The van der Waals surface area contributed by atoms with Crippen molar-refractivity contribution in [2.75, 3.05) is 19.7 Å². The second-order valence-corrected chi connectivity index (χ2v) is 7.94. The van der Waals surface area contributed by atoms with E-state index in [1.807, 2.05) is 18.7 Å². The van der Waals surface area contributed by atoms with Gasteiger partial charge in [0, 0.05) is 24.9 Å². The first-order chi connectivity index (χ1) is 12.0. The summed E-state index contributed by atoms with van der Waals surface area (Å²) in [5, 5.41) is 4.13. The van der Waals surface area contributed by atoms with Crippen molar-refractivity contribution in [2.45, 2.75) is 77.2 Å². The number of carbonyl (C=O) groups excluding carboxylic acids is 1. The van der Waals surface area contributed by atoms with E-state index < -0.39 is 0 Å². The fourth-order valence-electron chi connectivity index (χ4n) is 3.86. The van der Waals surface area contributed by atoms with Crippen LogP contribution in [0, 0.1) is 5.92 Å². The molecule has 1 amide bonds. The average molecular weight is 349 g/mol. The average Bonchev–Trinajstić information content (AvgIpc) is 3.11. The molecule has 1 aliphatic carbocycles. The third kappa shape index (κ3) is 4.60. The van der Waals surface area contributed by atoms with Gasteiger partial charge in [-0.1, -0.05) is 38.8 Å². The maximum atomic E-state index is 12.6. The van der Waals surface area contributed by atoms with Crippen molar-refractivity contribution >= 4 is 5.91 Å². The van der Waals surface area contributed by atoms with Crippen molar-refractivity contribution in [3.8, 4) is 0 Å². The van der Waals surface area contributed by atoms with Gasteiger partial charge in [0.2, 0.25) is 11.8 Å². The minimum Gasteiger partial charge on any atom is -0.368 e. The van der Waals surface area contributed by atoms with E-state index in [-0.39, 0.29) is 30.5 Å². The first-order valence-corrected chi connectivity index (χ1v) is 9.77. The molecule has 0 N–H and O–H groups in total. The molecule has 6 heteroatoms. The number of likely N-dealkylation sites (tertiary alicyclic amines) is 1. The predicted molar refractivity (Wildman–Crippen MR) is 94.3 cm³/mol. The molecule has 2 aliphatic rings. The van der Waals surface area contributed by atoms with Crippen molar-refractivity contribution in [1.29, 1.82) is 0 Å². The van der Waals surface area contributed by atoms with Gasteiger partial charge >= 0.3 is 0 Å². The van der Waals surface area contributed by atoms with Crippen LogP contribution in [-0.2, 0) is 9.53 Å². The lowest BCUT2D eigenvalue weighted by Gasteiger charge is -2.33. The second kappa shape index (κ2) is 8.30. The molecular weight excluding hydrogens is 318 g/mol. The summed E-state index contributed by atoms with van der Waals surface area (Å²) < 4.78 is 11.3. The Morgan fingerprint density at radius 3 is 2.80 bits per heavy atom. The smallest absolute Gasteiger partial charge is 0.248 e. The van der Waals surface area contributed by atoms with Gasteiger partial charge in [-0.3, -0.25) is 4.79 Å². The lowest BCUT2D eigenvalue weighted by atomic mass is 9.88. The number of rotatable bonds is 5. The first-order valence-electron chi connectivity index (χ1n) is 9.77. The quantitative estimate of drug-likeness (QED) is 0.814. The third-order valence-corrected chi connectivity index (χ3v) is 5.54. The summed E-state index contributed by atoms with van der Waals surface area (Å²) in [5.74, 6) is 2.46. The topological polar surface area (TPSA) is 68.5 Å². The number of amides is 1. The molecule has 1 aromatic rings. The van der Waals surface area contributed by atoms with Crippen LogP contribution in [-0.4, -0.2) is 46.7 Å². The van der Waals surface area contributed by atoms with Gasteiger partial charge in [0.15, 0.2) is 5.82 Å². The van der Waals surface area contributed by atoms with Gasteiger partial charge in [0.1, 0.15) is 6.61 Å².